The highest BCUT2D eigenvalue weighted by atomic mass is 32.1. The van der Waals surface area contributed by atoms with Crippen LogP contribution in [0.4, 0.5) is 5.82 Å². The van der Waals surface area contributed by atoms with Gasteiger partial charge in [0.1, 0.15) is 17.0 Å². The fourth-order valence-corrected chi connectivity index (χ4v) is 2.97. The zero-order valence-corrected chi connectivity index (χ0v) is 11.8. The largest absolute Gasteiger partial charge is 0.369 e. The number of nitrogens with zero attached hydrogens (tertiary/aromatic N) is 2. The summed E-state index contributed by atoms with van der Waals surface area (Å²) in [6.07, 6.45) is 5.03. The van der Waals surface area contributed by atoms with Crippen molar-refractivity contribution in [2.24, 2.45) is 5.73 Å². The minimum absolute atomic E-state index is 0.778. The fraction of sp³-hybridized carbons (Fsp3) is 0.538. The molecule has 0 amide bonds. The van der Waals surface area contributed by atoms with Gasteiger partial charge in [-0.15, -0.1) is 11.3 Å². The standard InChI is InChI=1S/C13H20N4S/c1-9-10(2)18-13-11(9)12(16-8-17-13)15-7-5-3-4-6-14/h8H,3-7,14H2,1-2H3,(H,15,16,17). The van der Waals surface area contributed by atoms with E-state index in [9.17, 15) is 0 Å². The summed E-state index contributed by atoms with van der Waals surface area (Å²) in [4.78, 5) is 11.1. The highest BCUT2D eigenvalue weighted by Crippen LogP contribution is 2.32. The molecule has 5 heteroatoms. The van der Waals surface area contributed by atoms with E-state index in [0.29, 0.717) is 0 Å². The molecule has 2 aromatic heterocycles. The first-order chi connectivity index (χ1) is 8.74. The zero-order valence-electron chi connectivity index (χ0n) is 11.0. The third-order valence-corrected chi connectivity index (χ3v) is 4.25. The lowest BCUT2D eigenvalue weighted by Gasteiger charge is -2.06. The van der Waals surface area contributed by atoms with Crippen LogP contribution in [0.15, 0.2) is 6.33 Å². The van der Waals surface area contributed by atoms with Gasteiger partial charge in [0.05, 0.1) is 5.39 Å². The number of anilines is 1. The van der Waals surface area contributed by atoms with E-state index in [1.54, 1.807) is 17.7 Å². The summed E-state index contributed by atoms with van der Waals surface area (Å²) in [5.74, 6) is 0.967. The van der Waals surface area contributed by atoms with Crippen molar-refractivity contribution in [2.45, 2.75) is 33.1 Å². The highest BCUT2D eigenvalue weighted by Gasteiger charge is 2.11. The van der Waals surface area contributed by atoms with Crippen molar-refractivity contribution < 1.29 is 0 Å². The molecule has 0 fully saturated rings. The predicted octanol–water partition coefficient (Wildman–Crippen LogP) is 2.85. The van der Waals surface area contributed by atoms with Crippen molar-refractivity contribution in [1.29, 1.82) is 0 Å². The fourth-order valence-electron chi connectivity index (χ4n) is 1.97. The van der Waals surface area contributed by atoms with E-state index in [0.717, 1.165) is 36.6 Å². The Bertz CT molecular complexity index is 521. The zero-order chi connectivity index (χ0) is 13.0. The van der Waals surface area contributed by atoms with Crippen LogP contribution in [0.25, 0.3) is 10.2 Å². The molecule has 0 spiro atoms. The van der Waals surface area contributed by atoms with E-state index >= 15 is 0 Å². The van der Waals surface area contributed by atoms with Gasteiger partial charge in [0, 0.05) is 11.4 Å². The van der Waals surface area contributed by atoms with Crippen LogP contribution in [0.2, 0.25) is 0 Å². The lowest BCUT2D eigenvalue weighted by atomic mass is 10.2. The van der Waals surface area contributed by atoms with Gasteiger partial charge in [-0.2, -0.15) is 0 Å². The van der Waals surface area contributed by atoms with Gasteiger partial charge >= 0.3 is 0 Å². The Labute approximate surface area is 112 Å². The Morgan fingerprint density at radius 3 is 2.83 bits per heavy atom. The van der Waals surface area contributed by atoms with Gasteiger partial charge in [-0.25, -0.2) is 9.97 Å². The molecular formula is C13H20N4S. The minimum Gasteiger partial charge on any atom is -0.369 e. The third kappa shape index (κ3) is 2.79. The van der Waals surface area contributed by atoms with Crippen LogP contribution >= 0.6 is 11.3 Å². The number of nitrogens with two attached hydrogens (primary N) is 1. The lowest BCUT2D eigenvalue weighted by molar-refractivity contribution is 0.706. The van der Waals surface area contributed by atoms with Crippen molar-refractivity contribution in [3.63, 3.8) is 0 Å². The summed E-state index contributed by atoms with van der Waals surface area (Å²) >= 11 is 1.73. The van der Waals surface area contributed by atoms with Gasteiger partial charge in [0.25, 0.3) is 0 Å². The molecule has 2 aromatic rings. The van der Waals surface area contributed by atoms with Crippen molar-refractivity contribution in [1.82, 2.24) is 9.97 Å². The van der Waals surface area contributed by atoms with E-state index in [2.05, 4.69) is 29.1 Å². The van der Waals surface area contributed by atoms with E-state index in [4.69, 9.17) is 5.73 Å². The number of nitrogens with one attached hydrogen (secondary N) is 1. The molecule has 0 bridgehead atoms. The number of thiophene rings is 1. The average Bonchev–Trinajstić information content (AvgIpc) is 2.66. The van der Waals surface area contributed by atoms with Crippen LogP contribution in [-0.4, -0.2) is 23.1 Å². The number of rotatable bonds is 6. The normalized spacial score (nSPS) is 11.1. The monoisotopic (exact) mass is 264 g/mol. The van der Waals surface area contributed by atoms with Crippen molar-refractivity contribution in [2.75, 3.05) is 18.4 Å². The summed E-state index contributed by atoms with van der Waals surface area (Å²) < 4.78 is 0. The van der Waals surface area contributed by atoms with Gasteiger partial charge in [-0.05, 0) is 38.8 Å². The van der Waals surface area contributed by atoms with E-state index < -0.39 is 0 Å². The predicted molar refractivity (Wildman–Crippen MR) is 78.3 cm³/mol. The maximum Gasteiger partial charge on any atom is 0.138 e. The highest BCUT2D eigenvalue weighted by molar-refractivity contribution is 7.18. The van der Waals surface area contributed by atoms with Crippen LogP contribution in [0.3, 0.4) is 0 Å². The van der Waals surface area contributed by atoms with Crippen molar-refractivity contribution in [3.8, 4) is 0 Å². The summed E-state index contributed by atoms with van der Waals surface area (Å²) in [5.41, 5.74) is 6.77. The Kier molecular flexibility index (Phi) is 4.49. The average molecular weight is 264 g/mol. The molecule has 2 heterocycles. The van der Waals surface area contributed by atoms with Gasteiger partial charge in [0.2, 0.25) is 0 Å². The Hall–Kier alpha value is -1.20. The Balaban J connectivity index is 2.08. The number of aryl methyl sites for hydroxylation is 2. The quantitative estimate of drug-likeness (QED) is 0.787. The van der Waals surface area contributed by atoms with Gasteiger partial charge < -0.3 is 11.1 Å². The van der Waals surface area contributed by atoms with Crippen LogP contribution in [0.1, 0.15) is 29.7 Å². The molecule has 0 saturated heterocycles. The van der Waals surface area contributed by atoms with E-state index in [-0.39, 0.29) is 0 Å². The topological polar surface area (TPSA) is 63.8 Å². The van der Waals surface area contributed by atoms with Crippen LogP contribution in [0, 0.1) is 13.8 Å². The summed E-state index contributed by atoms with van der Waals surface area (Å²) in [6.45, 7) is 5.99. The van der Waals surface area contributed by atoms with Crippen molar-refractivity contribution >= 4 is 27.4 Å². The molecule has 0 atom stereocenters. The Morgan fingerprint density at radius 2 is 2.06 bits per heavy atom. The molecule has 3 N–H and O–H groups in total. The third-order valence-electron chi connectivity index (χ3n) is 3.14. The SMILES string of the molecule is Cc1sc2ncnc(NCCCCCN)c2c1C. The molecule has 18 heavy (non-hydrogen) atoms. The summed E-state index contributed by atoms with van der Waals surface area (Å²) in [6, 6.07) is 0. The lowest BCUT2D eigenvalue weighted by Crippen LogP contribution is -2.05. The van der Waals surface area contributed by atoms with Gasteiger partial charge in [-0.1, -0.05) is 6.42 Å². The number of hydrogen-bond acceptors (Lipinski definition) is 5. The first-order valence-electron chi connectivity index (χ1n) is 6.38. The molecule has 0 aliphatic heterocycles. The Morgan fingerprint density at radius 1 is 1.22 bits per heavy atom. The number of fused-ring (bicyclic) bond motifs is 1. The molecule has 0 aliphatic carbocycles. The number of unbranched alkanes of at least 4 members (excludes halogenated alkanes) is 2. The molecular weight excluding hydrogens is 244 g/mol. The number of hydrogen-bond donors (Lipinski definition) is 2. The second kappa shape index (κ2) is 6.11. The van der Waals surface area contributed by atoms with Gasteiger partial charge in [0.15, 0.2) is 0 Å². The molecule has 98 valence electrons. The molecule has 0 aromatic carbocycles. The summed E-state index contributed by atoms with van der Waals surface area (Å²) in [7, 11) is 0. The first kappa shape index (κ1) is 13.2. The summed E-state index contributed by atoms with van der Waals surface area (Å²) in [5, 5.41) is 4.59. The smallest absolute Gasteiger partial charge is 0.138 e. The maximum atomic E-state index is 5.48. The maximum absolute atomic E-state index is 5.48. The van der Waals surface area contributed by atoms with Crippen LogP contribution < -0.4 is 11.1 Å². The van der Waals surface area contributed by atoms with E-state index in [1.807, 2.05) is 0 Å². The second-order valence-electron chi connectivity index (χ2n) is 4.46. The number of aromatic nitrogens is 2. The van der Waals surface area contributed by atoms with Gasteiger partial charge in [-0.3, -0.25) is 0 Å². The van der Waals surface area contributed by atoms with Crippen LogP contribution in [0.5, 0.6) is 0 Å². The molecule has 4 nitrogen and oxygen atoms in total. The first-order valence-corrected chi connectivity index (χ1v) is 7.20. The molecule has 0 unspecified atom stereocenters. The second-order valence-corrected chi connectivity index (χ2v) is 5.66. The molecule has 0 radical (unpaired) electrons. The molecule has 2 rings (SSSR count). The minimum atomic E-state index is 0.778. The van der Waals surface area contributed by atoms with Crippen molar-refractivity contribution in [3.05, 3.63) is 16.8 Å². The molecule has 0 saturated carbocycles. The van der Waals surface area contributed by atoms with E-state index in [1.165, 1.54) is 22.2 Å². The van der Waals surface area contributed by atoms with Crippen LogP contribution in [-0.2, 0) is 0 Å². The molecule has 0 aliphatic rings.